The number of ether oxygens (including phenoxy) is 1. The Morgan fingerprint density at radius 2 is 2.17 bits per heavy atom. The summed E-state index contributed by atoms with van der Waals surface area (Å²) in [5.74, 6) is 1.10. The Morgan fingerprint density at radius 1 is 1.39 bits per heavy atom. The van der Waals surface area contributed by atoms with Gasteiger partial charge in [-0.15, -0.1) is 0 Å². The third-order valence-corrected chi connectivity index (χ3v) is 3.55. The normalized spacial score (nSPS) is 18.5. The second kappa shape index (κ2) is 4.12. The quantitative estimate of drug-likeness (QED) is 0.800. The van der Waals surface area contributed by atoms with E-state index < -0.39 is 0 Å². The van der Waals surface area contributed by atoms with Crippen LogP contribution in [0.3, 0.4) is 0 Å². The molecule has 0 spiro atoms. The number of fused-ring (bicyclic) bond motifs is 1. The van der Waals surface area contributed by atoms with Crippen LogP contribution in [0.2, 0.25) is 0 Å². The molecular formula is C14H15NO3. The number of ketones is 1. The first-order chi connectivity index (χ1) is 8.70. The van der Waals surface area contributed by atoms with Gasteiger partial charge in [-0.3, -0.25) is 9.59 Å². The van der Waals surface area contributed by atoms with E-state index in [1.807, 2.05) is 0 Å². The van der Waals surface area contributed by atoms with Gasteiger partial charge in [0.25, 0.3) is 0 Å². The van der Waals surface area contributed by atoms with Gasteiger partial charge in [0, 0.05) is 30.5 Å². The summed E-state index contributed by atoms with van der Waals surface area (Å²) >= 11 is 0. The topological polar surface area (TPSA) is 46.6 Å². The van der Waals surface area contributed by atoms with Gasteiger partial charge in [-0.25, -0.2) is 0 Å². The number of hydrogen-bond acceptors (Lipinski definition) is 3. The molecule has 1 aromatic rings. The van der Waals surface area contributed by atoms with Crippen molar-refractivity contribution in [1.29, 1.82) is 0 Å². The number of amides is 1. The summed E-state index contributed by atoms with van der Waals surface area (Å²) in [5, 5.41) is 0. The highest BCUT2D eigenvalue weighted by Crippen LogP contribution is 2.37. The fourth-order valence-electron chi connectivity index (χ4n) is 2.35. The first-order valence-electron chi connectivity index (χ1n) is 6.23. The van der Waals surface area contributed by atoms with Crippen molar-refractivity contribution in [1.82, 2.24) is 0 Å². The summed E-state index contributed by atoms with van der Waals surface area (Å²) < 4.78 is 5.17. The number of carbonyl (C=O) groups excluding carboxylic acids is 2. The maximum Gasteiger partial charge on any atom is 0.230 e. The third-order valence-electron chi connectivity index (χ3n) is 3.55. The lowest BCUT2D eigenvalue weighted by Crippen LogP contribution is -2.38. The maximum atomic E-state index is 12.2. The van der Waals surface area contributed by atoms with E-state index in [4.69, 9.17) is 4.74 Å². The van der Waals surface area contributed by atoms with Crippen LogP contribution in [0.5, 0.6) is 5.75 Å². The number of hydrogen-bond donors (Lipinski definition) is 0. The molecule has 0 N–H and O–H groups in total. The number of benzene rings is 1. The Bertz CT molecular complexity index is 520. The average Bonchev–Trinajstić information content (AvgIpc) is 3.22. The SMILES string of the molecule is COc1ccc2c(c1)N(C(=O)C1CC1)CCC2=O. The van der Waals surface area contributed by atoms with Gasteiger partial charge in [0.2, 0.25) is 5.91 Å². The van der Waals surface area contributed by atoms with Gasteiger partial charge in [-0.2, -0.15) is 0 Å². The number of anilines is 1. The minimum absolute atomic E-state index is 0.104. The molecule has 0 atom stereocenters. The fourth-order valence-corrected chi connectivity index (χ4v) is 2.35. The third kappa shape index (κ3) is 1.78. The van der Waals surface area contributed by atoms with Gasteiger partial charge < -0.3 is 9.64 Å². The van der Waals surface area contributed by atoms with Crippen LogP contribution in [0.4, 0.5) is 5.69 Å². The van der Waals surface area contributed by atoms with Gasteiger partial charge in [0.1, 0.15) is 5.75 Å². The summed E-state index contributed by atoms with van der Waals surface area (Å²) in [6, 6.07) is 5.30. The Hall–Kier alpha value is -1.84. The molecule has 1 fully saturated rings. The number of carbonyl (C=O) groups is 2. The highest BCUT2D eigenvalue weighted by Gasteiger charge is 2.37. The summed E-state index contributed by atoms with van der Waals surface area (Å²) in [5.41, 5.74) is 1.35. The van der Waals surface area contributed by atoms with Crippen molar-refractivity contribution in [3.63, 3.8) is 0 Å². The van der Waals surface area contributed by atoms with Crippen LogP contribution >= 0.6 is 0 Å². The van der Waals surface area contributed by atoms with Crippen molar-refractivity contribution in [3.05, 3.63) is 23.8 Å². The van der Waals surface area contributed by atoms with Gasteiger partial charge in [0.05, 0.1) is 12.8 Å². The predicted octanol–water partition coefficient (Wildman–Crippen LogP) is 2.02. The molecule has 4 heteroatoms. The van der Waals surface area contributed by atoms with Crippen LogP contribution in [0.25, 0.3) is 0 Å². The van der Waals surface area contributed by atoms with E-state index in [0.29, 0.717) is 30.0 Å². The zero-order valence-corrected chi connectivity index (χ0v) is 10.3. The molecule has 0 unspecified atom stereocenters. The van der Waals surface area contributed by atoms with Crippen LogP contribution in [0.1, 0.15) is 29.6 Å². The Morgan fingerprint density at radius 3 is 2.83 bits per heavy atom. The number of nitrogens with zero attached hydrogens (tertiary/aromatic N) is 1. The van der Waals surface area contributed by atoms with E-state index in [-0.39, 0.29) is 17.6 Å². The smallest absolute Gasteiger partial charge is 0.230 e. The molecule has 1 saturated carbocycles. The van der Waals surface area contributed by atoms with E-state index in [1.165, 1.54) is 0 Å². The zero-order valence-electron chi connectivity index (χ0n) is 10.3. The molecule has 0 saturated heterocycles. The molecule has 94 valence electrons. The summed E-state index contributed by atoms with van der Waals surface area (Å²) in [7, 11) is 1.58. The van der Waals surface area contributed by atoms with Crippen LogP contribution in [-0.4, -0.2) is 25.3 Å². The number of methoxy groups -OCH3 is 1. The number of Topliss-reactive ketones (excluding diaryl/α,β-unsaturated/α-hetero) is 1. The Kier molecular flexibility index (Phi) is 2.58. The van der Waals surface area contributed by atoms with Crippen molar-refractivity contribution < 1.29 is 14.3 Å². The van der Waals surface area contributed by atoms with Crippen molar-refractivity contribution in [2.45, 2.75) is 19.3 Å². The maximum absolute atomic E-state index is 12.2. The molecule has 4 nitrogen and oxygen atoms in total. The second-order valence-electron chi connectivity index (χ2n) is 4.82. The first kappa shape index (κ1) is 11.3. The van der Waals surface area contributed by atoms with Gasteiger partial charge in [0.15, 0.2) is 5.78 Å². The van der Waals surface area contributed by atoms with E-state index in [2.05, 4.69) is 0 Å². The predicted molar refractivity (Wildman–Crippen MR) is 67.0 cm³/mol. The average molecular weight is 245 g/mol. The minimum Gasteiger partial charge on any atom is -0.497 e. The van der Waals surface area contributed by atoms with Crippen LogP contribution < -0.4 is 9.64 Å². The van der Waals surface area contributed by atoms with Crippen LogP contribution in [0, 0.1) is 5.92 Å². The minimum atomic E-state index is 0.104. The lowest BCUT2D eigenvalue weighted by molar-refractivity contribution is -0.119. The molecule has 18 heavy (non-hydrogen) atoms. The van der Waals surface area contributed by atoms with Crippen molar-refractivity contribution in [3.8, 4) is 5.75 Å². The van der Waals surface area contributed by atoms with E-state index >= 15 is 0 Å². The highest BCUT2D eigenvalue weighted by atomic mass is 16.5. The molecule has 1 amide bonds. The second-order valence-corrected chi connectivity index (χ2v) is 4.82. The molecule has 1 aliphatic heterocycles. The van der Waals surface area contributed by atoms with Gasteiger partial charge in [-0.05, 0) is 25.0 Å². The van der Waals surface area contributed by atoms with Crippen molar-refractivity contribution in [2.75, 3.05) is 18.6 Å². The fraction of sp³-hybridized carbons (Fsp3) is 0.429. The van der Waals surface area contributed by atoms with E-state index in [9.17, 15) is 9.59 Å². The Labute approximate surface area is 106 Å². The molecular weight excluding hydrogens is 230 g/mol. The lowest BCUT2D eigenvalue weighted by atomic mass is 9.99. The van der Waals surface area contributed by atoms with Crippen molar-refractivity contribution in [2.24, 2.45) is 5.92 Å². The molecule has 2 aliphatic rings. The van der Waals surface area contributed by atoms with Crippen LogP contribution in [0.15, 0.2) is 18.2 Å². The first-order valence-corrected chi connectivity index (χ1v) is 6.23. The summed E-state index contributed by atoms with van der Waals surface area (Å²) in [6.45, 7) is 0.494. The van der Waals surface area contributed by atoms with Crippen molar-refractivity contribution >= 4 is 17.4 Å². The molecule has 0 bridgehead atoms. The molecule has 1 aromatic carbocycles. The number of rotatable bonds is 2. The van der Waals surface area contributed by atoms with E-state index in [0.717, 1.165) is 12.8 Å². The molecule has 3 rings (SSSR count). The van der Waals surface area contributed by atoms with E-state index in [1.54, 1.807) is 30.2 Å². The molecule has 0 aromatic heterocycles. The summed E-state index contributed by atoms with van der Waals surface area (Å²) in [6.07, 6.45) is 2.36. The van der Waals surface area contributed by atoms with Gasteiger partial charge >= 0.3 is 0 Å². The Balaban J connectivity index is 2.02. The summed E-state index contributed by atoms with van der Waals surface area (Å²) in [4.78, 5) is 25.8. The van der Waals surface area contributed by atoms with Gasteiger partial charge in [-0.1, -0.05) is 0 Å². The van der Waals surface area contributed by atoms with Crippen LogP contribution in [-0.2, 0) is 4.79 Å². The monoisotopic (exact) mass is 245 g/mol. The standard InChI is InChI=1S/C14H15NO3/c1-18-10-4-5-11-12(8-10)15(7-6-13(11)16)14(17)9-2-3-9/h4-5,8-9H,2-3,6-7H2,1H3. The highest BCUT2D eigenvalue weighted by molar-refractivity contribution is 6.09. The zero-order chi connectivity index (χ0) is 12.7. The molecule has 1 aliphatic carbocycles. The lowest BCUT2D eigenvalue weighted by Gasteiger charge is -2.29. The molecule has 0 radical (unpaired) electrons. The largest absolute Gasteiger partial charge is 0.497 e. The molecule has 1 heterocycles.